The summed E-state index contributed by atoms with van der Waals surface area (Å²) >= 11 is 0. The normalized spacial score (nSPS) is 30.1. The van der Waals surface area contributed by atoms with Gasteiger partial charge in [0.25, 0.3) is 0 Å². The van der Waals surface area contributed by atoms with Crippen molar-refractivity contribution in [3.05, 3.63) is 0 Å². The Morgan fingerprint density at radius 3 is 2.32 bits per heavy atom. The van der Waals surface area contributed by atoms with Gasteiger partial charge in [-0.2, -0.15) is 5.26 Å². The second kappa shape index (κ2) is 8.15. The molecular formula is C18H28N4O3. The summed E-state index contributed by atoms with van der Waals surface area (Å²) in [6, 6.07) is 2.38. The Kier molecular flexibility index (Phi) is 5.92. The maximum Gasteiger partial charge on any atom is 0.236 e. The van der Waals surface area contributed by atoms with Gasteiger partial charge in [0, 0.05) is 32.1 Å². The van der Waals surface area contributed by atoms with E-state index in [0.29, 0.717) is 52.0 Å². The second-order valence-electron chi connectivity index (χ2n) is 7.35. The molecule has 7 nitrogen and oxygen atoms in total. The fourth-order valence-electron chi connectivity index (χ4n) is 4.05. The molecule has 7 heteroatoms. The molecule has 1 saturated carbocycles. The third kappa shape index (κ3) is 4.31. The molecule has 3 rings (SSSR count). The molecule has 0 aromatic carbocycles. The van der Waals surface area contributed by atoms with E-state index in [0.717, 1.165) is 25.9 Å². The predicted molar refractivity (Wildman–Crippen MR) is 91.5 cm³/mol. The van der Waals surface area contributed by atoms with Gasteiger partial charge in [0.15, 0.2) is 0 Å². The summed E-state index contributed by atoms with van der Waals surface area (Å²) in [6.07, 6.45) is 4.79. The minimum atomic E-state index is -0.669. The predicted octanol–water partition coefficient (Wildman–Crippen LogP) is 0.510. The number of ether oxygens (including phenoxy) is 1. The lowest BCUT2D eigenvalue weighted by Crippen LogP contribution is -2.52. The quantitative estimate of drug-likeness (QED) is 0.800. The van der Waals surface area contributed by atoms with Crippen molar-refractivity contribution in [2.24, 2.45) is 5.92 Å². The summed E-state index contributed by atoms with van der Waals surface area (Å²) in [6.45, 7) is 4.44. The number of nitrogens with one attached hydrogen (secondary N) is 1. The number of likely N-dealkylation sites (tertiary alicyclic amines) is 1. The van der Waals surface area contributed by atoms with E-state index in [1.54, 1.807) is 0 Å². The highest BCUT2D eigenvalue weighted by molar-refractivity contribution is 5.79. The first kappa shape index (κ1) is 18.2. The van der Waals surface area contributed by atoms with Crippen LogP contribution in [0, 0.1) is 17.2 Å². The number of morpholine rings is 1. The summed E-state index contributed by atoms with van der Waals surface area (Å²) < 4.78 is 5.30. The van der Waals surface area contributed by atoms with Gasteiger partial charge in [-0.15, -0.1) is 0 Å². The van der Waals surface area contributed by atoms with Gasteiger partial charge in [-0.25, -0.2) is 0 Å². The van der Waals surface area contributed by atoms with Gasteiger partial charge < -0.3 is 14.5 Å². The highest BCUT2D eigenvalue weighted by Crippen LogP contribution is 2.33. The van der Waals surface area contributed by atoms with Crippen LogP contribution in [0.15, 0.2) is 0 Å². The molecule has 0 aromatic rings. The van der Waals surface area contributed by atoms with Crippen LogP contribution in [-0.2, 0) is 14.3 Å². The summed E-state index contributed by atoms with van der Waals surface area (Å²) in [5.74, 6) is 0.275. The molecule has 138 valence electrons. The minimum Gasteiger partial charge on any atom is -0.378 e. The molecule has 0 spiro atoms. The molecule has 2 amide bonds. The van der Waals surface area contributed by atoms with Crippen molar-refractivity contribution in [3.63, 3.8) is 0 Å². The Morgan fingerprint density at radius 1 is 1.08 bits per heavy atom. The lowest BCUT2D eigenvalue weighted by Gasteiger charge is -2.38. The molecule has 3 fully saturated rings. The molecular weight excluding hydrogens is 320 g/mol. The number of carbonyl (C=O) groups excluding carboxylic acids is 2. The average Bonchev–Trinajstić information content (AvgIpc) is 3.21. The van der Waals surface area contributed by atoms with E-state index in [9.17, 15) is 14.9 Å². The van der Waals surface area contributed by atoms with E-state index in [1.165, 1.54) is 0 Å². The SMILES string of the molecule is N#CC1(NCC(=O)N2CCCC2)CCC(C(=O)N2CCOCC2)CC1. The molecule has 0 atom stereocenters. The number of hydrogen-bond donors (Lipinski definition) is 1. The third-order valence-electron chi connectivity index (χ3n) is 5.76. The molecule has 0 aromatic heterocycles. The fraction of sp³-hybridized carbons (Fsp3) is 0.833. The molecule has 1 aliphatic carbocycles. The molecule has 1 N–H and O–H groups in total. The lowest BCUT2D eigenvalue weighted by atomic mass is 9.76. The van der Waals surface area contributed by atoms with Crippen LogP contribution in [-0.4, -0.2) is 73.1 Å². The van der Waals surface area contributed by atoms with Gasteiger partial charge in [0.2, 0.25) is 11.8 Å². The zero-order valence-corrected chi connectivity index (χ0v) is 14.8. The largest absolute Gasteiger partial charge is 0.378 e. The topological polar surface area (TPSA) is 85.7 Å². The summed E-state index contributed by atoms with van der Waals surface area (Å²) in [7, 11) is 0. The summed E-state index contributed by atoms with van der Waals surface area (Å²) in [4.78, 5) is 28.6. The second-order valence-corrected chi connectivity index (χ2v) is 7.35. The van der Waals surface area contributed by atoms with Crippen LogP contribution in [0.2, 0.25) is 0 Å². The maximum atomic E-state index is 12.6. The summed E-state index contributed by atoms with van der Waals surface area (Å²) in [5, 5.41) is 12.8. The van der Waals surface area contributed by atoms with Crippen LogP contribution in [0.3, 0.4) is 0 Å². The van der Waals surface area contributed by atoms with Crippen LogP contribution in [0.1, 0.15) is 38.5 Å². The zero-order chi connectivity index (χ0) is 17.7. The van der Waals surface area contributed by atoms with Crippen LogP contribution >= 0.6 is 0 Å². The first-order chi connectivity index (χ1) is 12.1. The first-order valence-electron chi connectivity index (χ1n) is 9.44. The smallest absolute Gasteiger partial charge is 0.236 e. The zero-order valence-electron chi connectivity index (χ0n) is 14.8. The summed E-state index contributed by atoms with van der Waals surface area (Å²) in [5.41, 5.74) is -0.669. The highest BCUT2D eigenvalue weighted by atomic mass is 16.5. The van der Waals surface area contributed by atoms with Crippen molar-refractivity contribution < 1.29 is 14.3 Å². The number of rotatable bonds is 4. The third-order valence-corrected chi connectivity index (χ3v) is 5.76. The van der Waals surface area contributed by atoms with Gasteiger partial charge in [-0.05, 0) is 38.5 Å². The van der Waals surface area contributed by atoms with Gasteiger partial charge in [-0.3, -0.25) is 14.9 Å². The monoisotopic (exact) mass is 348 g/mol. The standard InChI is InChI=1S/C18H28N4O3/c19-14-18(20-13-16(23)21-7-1-2-8-21)5-3-15(4-6-18)17(24)22-9-11-25-12-10-22/h15,20H,1-13H2. The van der Waals surface area contributed by atoms with Crippen molar-refractivity contribution in [1.29, 1.82) is 5.26 Å². The van der Waals surface area contributed by atoms with E-state index in [4.69, 9.17) is 4.74 Å². The average molecular weight is 348 g/mol. The molecule has 0 bridgehead atoms. The van der Waals surface area contributed by atoms with Crippen LogP contribution in [0.4, 0.5) is 0 Å². The lowest BCUT2D eigenvalue weighted by molar-refractivity contribution is -0.141. The molecule has 2 saturated heterocycles. The number of nitrogens with zero attached hydrogens (tertiary/aromatic N) is 3. The van der Waals surface area contributed by atoms with Crippen molar-refractivity contribution >= 4 is 11.8 Å². The van der Waals surface area contributed by atoms with Crippen molar-refractivity contribution in [3.8, 4) is 6.07 Å². The van der Waals surface area contributed by atoms with E-state index >= 15 is 0 Å². The fourth-order valence-corrected chi connectivity index (χ4v) is 4.05. The maximum absolute atomic E-state index is 12.6. The van der Waals surface area contributed by atoms with Gasteiger partial charge in [0.1, 0.15) is 5.54 Å². The Bertz CT molecular complexity index is 525. The van der Waals surface area contributed by atoms with E-state index in [-0.39, 0.29) is 24.3 Å². The van der Waals surface area contributed by atoms with Gasteiger partial charge in [-0.1, -0.05) is 0 Å². The molecule has 2 aliphatic heterocycles. The van der Waals surface area contributed by atoms with Crippen molar-refractivity contribution in [1.82, 2.24) is 15.1 Å². The Labute approximate surface area is 149 Å². The number of hydrogen-bond acceptors (Lipinski definition) is 5. The van der Waals surface area contributed by atoms with Crippen LogP contribution < -0.4 is 5.32 Å². The highest BCUT2D eigenvalue weighted by Gasteiger charge is 2.39. The minimum absolute atomic E-state index is 0.00402. The van der Waals surface area contributed by atoms with Gasteiger partial charge >= 0.3 is 0 Å². The van der Waals surface area contributed by atoms with Crippen LogP contribution in [0.5, 0.6) is 0 Å². The van der Waals surface area contributed by atoms with Crippen LogP contribution in [0.25, 0.3) is 0 Å². The van der Waals surface area contributed by atoms with E-state index in [1.807, 2.05) is 9.80 Å². The Balaban J connectivity index is 1.48. The molecule has 0 unspecified atom stereocenters. The number of amides is 2. The molecule has 2 heterocycles. The first-order valence-corrected chi connectivity index (χ1v) is 9.44. The van der Waals surface area contributed by atoms with Crippen molar-refractivity contribution in [2.45, 2.75) is 44.1 Å². The van der Waals surface area contributed by atoms with Gasteiger partial charge in [0.05, 0.1) is 25.8 Å². The van der Waals surface area contributed by atoms with E-state index in [2.05, 4.69) is 11.4 Å². The number of nitriles is 1. The Hall–Kier alpha value is -1.65. The number of carbonyl (C=O) groups is 2. The molecule has 25 heavy (non-hydrogen) atoms. The molecule has 0 radical (unpaired) electrons. The van der Waals surface area contributed by atoms with Crippen molar-refractivity contribution in [2.75, 3.05) is 45.9 Å². The Morgan fingerprint density at radius 2 is 1.72 bits per heavy atom. The van der Waals surface area contributed by atoms with E-state index < -0.39 is 5.54 Å². The molecule has 3 aliphatic rings.